The predicted octanol–water partition coefficient (Wildman–Crippen LogP) is 3.90. The van der Waals surface area contributed by atoms with Gasteiger partial charge in [-0.2, -0.15) is 0 Å². The second-order valence-corrected chi connectivity index (χ2v) is 8.24. The lowest BCUT2D eigenvalue weighted by atomic mass is 9.91. The van der Waals surface area contributed by atoms with E-state index in [1.54, 1.807) is 0 Å². The molecule has 2 rings (SSSR count). The van der Waals surface area contributed by atoms with Crippen LogP contribution in [0.3, 0.4) is 0 Å². The molecule has 2 aromatic carbocycles. The first-order chi connectivity index (χ1) is 13.4. The number of rotatable bonds is 11. The van der Waals surface area contributed by atoms with Crippen molar-refractivity contribution in [3.8, 4) is 0 Å². The Labute approximate surface area is 181 Å². The van der Waals surface area contributed by atoms with Gasteiger partial charge >= 0.3 is 0 Å². The van der Waals surface area contributed by atoms with Gasteiger partial charge in [0.2, 0.25) is 0 Å². The van der Waals surface area contributed by atoms with Gasteiger partial charge < -0.3 is 21.1 Å². The predicted molar refractivity (Wildman–Crippen MR) is 122 cm³/mol. The highest BCUT2D eigenvalue weighted by Gasteiger charge is 2.27. The van der Waals surface area contributed by atoms with E-state index in [1.165, 1.54) is 16.7 Å². The molecule has 0 aliphatic carbocycles. The van der Waals surface area contributed by atoms with E-state index in [9.17, 15) is 15.3 Å². The van der Waals surface area contributed by atoms with Crippen LogP contribution in [0.15, 0.2) is 48.5 Å². The van der Waals surface area contributed by atoms with E-state index in [-0.39, 0.29) is 32.0 Å². The van der Waals surface area contributed by atoms with Gasteiger partial charge in [0, 0.05) is 0 Å². The van der Waals surface area contributed by atoms with E-state index in [2.05, 4.69) is 38.1 Å². The number of hydrogen-bond donors (Lipinski definition) is 4. The van der Waals surface area contributed by atoms with Gasteiger partial charge in [-0.1, -0.05) is 62.4 Å². The quantitative estimate of drug-likeness (QED) is 0.414. The van der Waals surface area contributed by atoms with Crippen LogP contribution in [0.25, 0.3) is 0 Å². The molecule has 162 valence electrons. The number of aliphatic hydroxyl groups excluding tert-OH is 3. The molecule has 1 unspecified atom stereocenters. The van der Waals surface area contributed by atoms with Crippen molar-refractivity contribution < 1.29 is 15.3 Å². The molecule has 0 bridgehead atoms. The minimum absolute atomic E-state index is 0. The number of halogens is 1. The Bertz CT molecular complexity index is 697. The Morgan fingerprint density at radius 2 is 1.21 bits per heavy atom. The molecule has 0 spiro atoms. The van der Waals surface area contributed by atoms with Crippen molar-refractivity contribution in [3.05, 3.63) is 70.8 Å². The molecule has 0 radical (unpaired) electrons. The van der Waals surface area contributed by atoms with Gasteiger partial charge in [-0.15, -0.1) is 12.4 Å². The minimum Gasteiger partial charge on any atom is -0.394 e. The monoisotopic (exact) mass is 421 g/mol. The summed E-state index contributed by atoms with van der Waals surface area (Å²) in [5.74, 6) is 0.573. The standard InChI is InChI=1S/C24H35NO3.ClH/c1-18(2)21-11-7-19(8-12-21)5-3-4-6-20-9-13-22(14-10-20)23(28)15-24(25,16-26)17-27;/h7-14,18,23,26-28H,3-6,15-17,25H2,1-2H3;1H. The fraction of sp³-hybridized carbons (Fsp3) is 0.500. The fourth-order valence-corrected chi connectivity index (χ4v) is 3.32. The average Bonchev–Trinajstić information content (AvgIpc) is 2.71. The van der Waals surface area contributed by atoms with Crippen molar-refractivity contribution in [2.45, 2.75) is 63.5 Å². The summed E-state index contributed by atoms with van der Waals surface area (Å²) in [6, 6.07) is 16.8. The lowest BCUT2D eigenvalue weighted by Crippen LogP contribution is -2.48. The molecule has 0 aliphatic rings. The summed E-state index contributed by atoms with van der Waals surface area (Å²) in [4.78, 5) is 0. The molecule has 29 heavy (non-hydrogen) atoms. The van der Waals surface area contributed by atoms with Gasteiger partial charge in [0.15, 0.2) is 0 Å². The minimum atomic E-state index is -1.16. The van der Waals surface area contributed by atoms with Gasteiger partial charge in [0.25, 0.3) is 0 Å². The zero-order valence-electron chi connectivity index (χ0n) is 17.6. The fourth-order valence-electron chi connectivity index (χ4n) is 3.32. The lowest BCUT2D eigenvalue weighted by molar-refractivity contribution is 0.0618. The number of nitrogens with two attached hydrogens (primary N) is 1. The molecule has 4 nitrogen and oxygen atoms in total. The van der Waals surface area contributed by atoms with Crippen molar-refractivity contribution in [3.63, 3.8) is 0 Å². The number of benzene rings is 2. The van der Waals surface area contributed by atoms with Crippen LogP contribution >= 0.6 is 12.4 Å². The summed E-state index contributed by atoms with van der Waals surface area (Å²) >= 11 is 0. The smallest absolute Gasteiger partial charge is 0.0809 e. The summed E-state index contributed by atoms with van der Waals surface area (Å²) in [5.41, 5.74) is 9.47. The molecule has 0 amide bonds. The Morgan fingerprint density at radius 3 is 1.59 bits per heavy atom. The van der Waals surface area contributed by atoms with Crippen LogP contribution in [0.1, 0.15) is 67.4 Å². The van der Waals surface area contributed by atoms with Crippen LogP contribution in [0.4, 0.5) is 0 Å². The van der Waals surface area contributed by atoms with E-state index in [0.717, 1.165) is 31.2 Å². The van der Waals surface area contributed by atoms with Gasteiger partial charge in [-0.3, -0.25) is 0 Å². The zero-order valence-corrected chi connectivity index (χ0v) is 18.4. The number of unbranched alkanes of at least 4 members (excludes halogenated alkanes) is 1. The second-order valence-electron chi connectivity index (χ2n) is 8.24. The average molecular weight is 422 g/mol. The molecule has 0 saturated heterocycles. The van der Waals surface area contributed by atoms with Crippen LogP contribution in [0, 0.1) is 0 Å². The Balaban J connectivity index is 0.00000420. The third-order valence-electron chi connectivity index (χ3n) is 5.42. The highest BCUT2D eigenvalue weighted by atomic mass is 35.5. The molecular weight excluding hydrogens is 386 g/mol. The molecule has 5 N–H and O–H groups in total. The number of aliphatic hydroxyl groups is 3. The van der Waals surface area contributed by atoms with Crippen LogP contribution < -0.4 is 5.73 Å². The Kier molecular flexibility index (Phi) is 10.9. The SMILES string of the molecule is CC(C)c1ccc(CCCCc2ccc(C(O)CC(N)(CO)CO)cc2)cc1.Cl. The number of aryl methyl sites for hydroxylation is 2. The summed E-state index contributed by atoms with van der Waals surface area (Å²) in [5, 5.41) is 28.8. The highest BCUT2D eigenvalue weighted by molar-refractivity contribution is 5.85. The molecule has 0 heterocycles. The third kappa shape index (κ3) is 8.07. The van der Waals surface area contributed by atoms with Crippen molar-refractivity contribution in [2.24, 2.45) is 5.73 Å². The third-order valence-corrected chi connectivity index (χ3v) is 5.42. The summed E-state index contributed by atoms with van der Waals surface area (Å²) < 4.78 is 0. The molecule has 5 heteroatoms. The Hall–Kier alpha value is -1.43. The van der Waals surface area contributed by atoms with E-state index < -0.39 is 11.6 Å². The normalized spacial score (nSPS) is 12.7. The van der Waals surface area contributed by atoms with Crippen LogP contribution in [0.2, 0.25) is 0 Å². The van der Waals surface area contributed by atoms with Crippen molar-refractivity contribution in [1.29, 1.82) is 0 Å². The summed E-state index contributed by atoms with van der Waals surface area (Å²) in [6.07, 6.45) is 3.69. The molecule has 0 fully saturated rings. The van der Waals surface area contributed by atoms with Crippen LogP contribution in [0.5, 0.6) is 0 Å². The number of hydrogen-bond acceptors (Lipinski definition) is 4. The maximum absolute atomic E-state index is 10.3. The maximum Gasteiger partial charge on any atom is 0.0809 e. The first kappa shape index (κ1) is 25.6. The largest absolute Gasteiger partial charge is 0.394 e. The van der Waals surface area contributed by atoms with Crippen LogP contribution in [-0.4, -0.2) is 34.1 Å². The van der Waals surface area contributed by atoms with Gasteiger partial charge in [-0.05, 0) is 60.3 Å². The molecule has 0 aromatic heterocycles. The molecular formula is C24H36ClNO3. The molecule has 1 atom stereocenters. The topological polar surface area (TPSA) is 86.7 Å². The molecule has 0 aliphatic heterocycles. The van der Waals surface area contributed by atoms with Gasteiger partial charge in [-0.25, -0.2) is 0 Å². The maximum atomic E-state index is 10.3. The lowest BCUT2D eigenvalue weighted by Gasteiger charge is -2.27. The molecule has 0 saturated carbocycles. The van der Waals surface area contributed by atoms with E-state index >= 15 is 0 Å². The molecule has 2 aromatic rings. The second kappa shape index (κ2) is 12.3. The van der Waals surface area contributed by atoms with E-state index in [1.807, 2.05) is 24.3 Å². The Morgan fingerprint density at radius 1 is 0.793 bits per heavy atom. The van der Waals surface area contributed by atoms with Crippen molar-refractivity contribution in [1.82, 2.24) is 0 Å². The highest BCUT2D eigenvalue weighted by Crippen LogP contribution is 2.23. The van der Waals surface area contributed by atoms with Gasteiger partial charge in [0.05, 0.1) is 24.9 Å². The zero-order chi connectivity index (χ0) is 20.6. The first-order valence-electron chi connectivity index (χ1n) is 10.2. The van der Waals surface area contributed by atoms with E-state index in [4.69, 9.17) is 5.73 Å². The first-order valence-corrected chi connectivity index (χ1v) is 10.2. The van der Waals surface area contributed by atoms with Crippen LogP contribution in [-0.2, 0) is 12.8 Å². The van der Waals surface area contributed by atoms with Crippen molar-refractivity contribution in [2.75, 3.05) is 13.2 Å². The van der Waals surface area contributed by atoms with Crippen molar-refractivity contribution >= 4 is 12.4 Å². The van der Waals surface area contributed by atoms with Gasteiger partial charge in [0.1, 0.15) is 0 Å². The summed E-state index contributed by atoms with van der Waals surface area (Å²) in [6.45, 7) is 3.70. The van der Waals surface area contributed by atoms with E-state index in [0.29, 0.717) is 5.92 Å². The summed E-state index contributed by atoms with van der Waals surface area (Å²) in [7, 11) is 0.